The molecule has 1 aliphatic heterocycles. The fraction of sp³-hybridized carbons (Fsp3) is 0.0625. The molecule has 0 fully saturated rings. The van der Waals surface area contributed by atoms with E-state index in [2.05, 4.69) is 15.5 Å². The second kappa shape index (κ2) is 5.86. The molecule has 2 heterocycles. The van der Waals surface area contributed by atoms with E-state index in [0.29, 0.717) is 33.7 Å². The second-order valence-electron chi connectivity index (χ2n) is 4.97. The molecule has 0 spiro atoms. The van der Waals surface area contributed by atoms with Crippen LogP contribution in [-0.2, 0) is 0 Å². The average molecular weight is 344 g/mol. The van der Waals surface area contributed by atoms with E-state index in [1.807, 2.05) is 0 Å². The van der Waals surface area contributed by atoms with E-state index in [4.69, 9.17) is 25.5 Å². The van der Waals surface area contributed by atoms with Gasteiger partial charge in [-0.2, -0.15) is 0 Å². The summed E-state index contributed by atoms with van der Waals surface area (Å²) in [5.41, 5.74) is 1.76. The van der Waals surface area contributed by atoms with Crippen molar-refractivity contribution in [2.75, 3.05) is 12.1 Å². The maximum atomic E-state index is 12.4. The zero-order chi connectivity index (χ0) is 16.5. The Balaban J connectivity index is 1.53. The fourth-order valence-corrected chi connectivity index (χ4v) is 2.56. The molecule has 0 aliphatic carbocycles. The van der Waals surface area contributed by atoms with Gasteiger partial charge in [-0.1, -0.05) is 11.6 Å². The number of fused-ring (bicyclic) bond motifs is 1. The van der Waals surface area contributed by atoms with Crippen LogP contribution in [0.1, 0.15) is 10.4 Å². The summed E-state index contributed by atoms with van der Waals surface area (Å²) in [5, 5.41) is 10.6. The van der Waals surface area contributed by atoms with Crippen molar-refractivity contribution in [2.24, 2.45) is 0 Å². The van der Waals surface area contributed by atoms with Crippen molar-refractivity contribution in [3.05, 3.63) is 53.4 Å². The maximum absolute atomic E-state index is 12.4. The molecule has 1 aromatic heterocycles. The first kappa shape index (κ1) is 14.5. The summed E-state index contributed by atoms with van der Waals surface area (Å²) in [6.07, 6.45) is 1.26. The van der Waals surface area contributed by atoms with E-state index < -0.39 is 0 Å². The number of carbonyl (C=O) groups excluding carboxylic acids is 1. The third-order valence-electron chi connectivity index (χ3n) is 3.44. The summed E-state index contributed by atoms with van der Waals surface area (Å²) in [7, 11) is 0. The lowest BCUT2D eigenvalue weighted by molar-refractivity contribution is 0.102. The number of ether oxygens (including phenoxy) is 2. The van der Waals surface area contributed by atoms with Crippen LogP contribution < -0.4 is 14.8 Å². The molecule has 0 radical (unpaired) electrons. The van der Waals surface area contributed by atoms with Crippen molar-refractivity contribution < 1.29 is 18.7 Å². The van der Waals surface area contributed by atoms with Gasteiger partial charge in [0.15, 0.2) is 11.5 Å². The first-order valence-corrected chi connectivity index (χ1v) is 7.35. The number of aromatic nitrogens is 2. The minimum Gasteiger partial charge on any atom is -0.454 e. The van der Waals surface area contributed by atoms with Crippen LogP contribution in [0, 0.1) is 0 Å². The molecule has 0 saturated carbocycles. The van der Waals surface area contributed by atoms with Crippen molar-refractivity contribution in [1.82, 2.24) is 10.2 Å². The molecule has 0 unspecified atom stereocenters. The molecule has 120 valence electrons. The van der Waals surface area contributed by atoms with Gasteiger partial charge in [-0.3, -0.25) is 4.79 Å². The van der Waals surface area contributed by atoms with E-state index >= 15 is 0 Å². The predicted octanol–water partition coefficient (Wildman–Crippen LogP) is 3.37. The molecule has 1 amide bonds. The SMILES string of the molecule is O=C(Nc1ccc(-c2nnco2)cc1)c1cc(Cl)c2c(c1)OCO2. The van der Waals surface area contributed by atoms with Crippen LogP contribution in [-0.4, -0.2) is 22.9 Å². The Kier molecular flexibility index (Phi) is 3.55. The minimum absolute atomic E-state index is 0.0945. The Morgan fingerprint density at radius 3 is 2.75 bits per heavy atom. The van der Waals surface area contributed by atoms with Crippen LogP contribution in [0.2, 0.25) is 5.02 Å². The van der Waals surface area contributed by atoms with E-state index in [9.17, 15) is 4.79 Å². The van der Waals surface area contributed by atoms with Crippen molar-refractivity contribution in [3.8, 4) is 23.0 Å². The number of rotatable bonds is 3. The number of hydrogen-bond donors (Lipinski definition) is 1. The highest BCUT2D eigenvalue weighted by molar-refractivity contribution is 6.32. The van der Waals surface area contributed by atoms with Gasteiger partial charge in [-0.05, 0) is 36.4 Å². The van der Waals surface area contributed by atoms with E-state index in [1.54, 1.807) is 30.3 Å². The normalized spacial score (nSPS) is 12.2. The molecule has 3 aromatic rings. The van der Waals surface area contributed by atoms with Crippen molar-refractivity contribution in [2.45, 2.75) is 0 Å². The lowest BCUT2D eigenvalue weighted by Gasteiger charge is -2.07. The number of benzene rings is 2. The Morgan fingerprint density at radius 2 is 2.00 bits per heavy atom. The predicted molar refractivity (Wildman–Crippen MR) is 85.3 cm³/mol. The first-order chi connectivity index (χ1) is 11.7. The number of nitrogens with zero attached hydrogens (tertiary/aromatic N) is 2. The highest BCUT2D eigenvalue weighted by Crippen LogP contribution is 2.39. The lowest BCUT2D eigenvalue weighted by atomic mass is 10.1. The largest absolute Gasteiger partial charge is 0.454 e. The Bertz CT molecular complexity index is 894. The minimum atomic E-state index is -0.305. The molecule has 0 atom stereocenters. The molecule has 1 N–H and O–H groups in total. The summed E-state index contributed by atoms with van der Waals surface area (Å²) in [4.78, 5) is 12.4. The highest BCUT2D eigenvalue weighted by Gasteiger charge is 2.20. The Hall–Kier alpha value is -3.06. The summed E-state index contributed by atoms with van der Waals surface area (Å²) in [6.45, 7) is 0.0945. The van der Waals surface area contributed by atoms with Crippen LogP contribution in [0.15, 0.2) is 47.2 Å². The Labute approximate surface area is 141 Å². The maximum Gasteiger partial charge on any atom is 0.255 e. The van der Waals surface area contributed by atoms with E-state index in [1.165, 1.54) is 12.5 Å². The molecule has 0 bridgehead atoms. The topological polar surface area (TPSA) is 86.5 Å². The van der Waals surface area contributed by atoms with Crippen LogP contribution in [0.4, 0.5) is 5.69 Å². The first-order valence-electron chi connectivity index (χ1n) is 6.98. The summed E-state index contributed by atoms with van der Waals surface area (Å²) >= 11 is 6.09. The van der Waals surface area contributed by atoms with Crippen molar-refractivity contribution in [3.63, 3.8) is 0 Å². The number of carbonyl (C=O) groups is 1. The summed E-state index contributed by atoms with van der Waals surface area (Å²) < 4.78 is 15.6. The van der Waals surface area contributed by atoms with Gasteiger partial charge in [-0.25, -0.2) is 0 Å². The molecule has 7 nitrogen and oxygen atoms in total. The van der Waals surface area contributed by atoms with Gasteiger partial charge in [0, 0.05) is 16.8 Å². The lowest BCUT2D eigenvalue weighted by Crippen LogP contribution is -2.11. The fourth-order valence-electron chi connectivity index (χ4n) is 2.30. The van der Waals surface area contributed by atoms with Crippen LogP contribution in [0.5, 0.6) is 11.5 Å². The van der Waals surface area contributed by atoms with Gasteiger partial charge in [0.2, 0.25) is 19.1 Å². The van der Waals surface area contributed by atoms with Crippen LogP contribution in [0.25, 0.3) is 11.5 Å². The quantitative estimate of drug-likeness (QED) is 0.784. The zero-order valence-corrected chi connectivity index (χ0v) is 12.9. The van der Waals surface area contributed by atoms with E-state index in [0.717, 1.165) is 5.56 Å². The third-order valence-corrected chi connectivity index (χ3v) is 3.72. The summed E-state index contributed by atoms with van der Waals surface area (Å²) in [6, 6.07) is 10.2. The second-order valence-corrected chi connectivity index (χ2v) is 5.37. The van der Waals surface area contributed by atoms with Gasteiger partial charge >= 0.3 is 0 Å². The Morgan fingerprint density at radius 1 is 1.17 bits per heavy atom. The highest BCUT2D eigenvalue weighted by atomic mass is 35.5. The summed E-state index contributed by atoms with van der Waals surface area (Å²) in [5.74, 6) is 1.02. The molecular formula is C16H10ClN3O4. The van der Waals surface area contributed by atoms with Crippen LogP contribution in [0.3, 0.4) is 0 Å². The molecule has 0 saturated heterocycles. The van der Waals surface area contributed by atoms with Gasteiger partial charge in [0.1, 0.15) is 0 Å². The molecule has 1 aliphatic rings. The van der Waals surface area contributed by atoms with E-state index in [-0.39, 0.29) is 12.7 Å². The molecular weight excluding hydrogens is 334 g/mol. The van der Waals surface area contributed by atoms with Gasteiger partial charge < -0.3 is 19.2 Å². The molecule has 8 heteroatoms. The number of halogens is 1. The number of hydrogen-bond acceptors (Lipinski definition) is 6. The molecule has 24 heavy (non-hydrogen) atoms. The number of nitrogens with one attached hydrogen (secondary N) is 1. The number of amides is 1. The van der Waals surface area contributed by atoms with Gasteiger partial charge in [-0.15, -0.1) is 10.2 Å². The smallest absolute Gasteiger partial charge is 0.255 e. The molecule has 4 rings (SSSR count). The number of anilines is 1. The van der Waals surface area contributed by atoms with Crippen molar-refractivity contribution >= 4 is 23.2 Å². The van der Waals surface area contributed by atoms with Crippen molar-refractivity contribution in [1.29, 1.82) is 0 Å². The monoisotopic (exact) mass is 343 g/mol. The molecule has 2 aromatic carbocycles. The standard InChI is InChI=1S/C16H10ClN3O4/c17-12-5-10(6-13-14(12)24-8-23-13)15(21)19-11-3-1-9(2-4-11)16-20-18-7-22-16/h1-7H,8H2,(H,19,21). The zero-order valence-electron chi connectivity index (χ0n) is 12.2. The van der Waals surface area contributed by atoms with Gasteiger partial charge in [0.25, 0.3) is 5.91 Å². The van der Waals surface area contributed by atoms with Crippen LogP contribution >= 0.6 is 11.6 Å². The average Bonchev–Trinajstić information content (AvgIpc) is 3.27. The van der Waals surface area contributed by atoms with Gasteiger partial charge in [0.05, 0.1) is 5.02 Å². The third kappa shape index (κ3) is 2.65.